The van der Waals surface area contributed by atoms with Crippen molar-refractivity contribution < 1.29 is 9.53 Å². The number of nitrogens with one attached hydrogen (secondary N) is 1. The number of esters is 1. The molecule has 0 aliphatic rings. The lowest BCUT2D eigenvalue weighted by atomic mass is 10.1. The molecule has 5 nitrogen and oxygen atoms in total. The van der Waals surface area contributed by atoms with Crippen molar-refractivity contribution in [3.63, 3.8) is 0 Å². The maximum absolute atomic E-state index is 11.6. The Morgan fingerprint density at radius 3 is 2.88 bits per heavy atom. The zero-order chi connectivity index (χ0) is 11.4. The van der Waals surface area contributed by atoms with Crippen molar-refractivity contribution in [3.8, 4) is 11.3 Å². The molecule has 0 atom stereocenters. The van der Waals surface area contributed by atoms with Gasteiger partial charge in [-0.3, -0.25) is 4.98 Å². The molecular formula is C11H11N3O2. The number of carbonyl (C=O) groups excluding carboxylic acids is 1. The fourth-order valence-electron chi connectivity index (χ4n) is 1.38. The van der Waals surface area contributed by atoms with Gasteiger partial charge in [-0.25, -0.2) is 9.78 Å². The summed E-state index contributed by atoms with van der Waals surface area (Å²) >= 11 is 0. The minimum absolute atomic E-state index is 0.341. The van der Waals surface area contributed by atoms with E-state index in [0.717, 1.165) is 5.56 Å². The SMILES string of the molecule is CCOC(=O)c1[nH]cnc1-c1ccncc1. The number of aromatic nitrogens is 3. The molecule has 5 heteroatoms. The van der Waals surface area contributed by atoms with Gasteiger partial charge in [0.25, 0.3) is 0 Å². The van der Waals surface area contributed by atoms with E-state index >= 15 is 0 Å². The molecule has 2 aromatic heterocycles. The Morgan fingerprint density at radius 2 is 2.19 bits per heavy atom. The van der Waals surface area contributed by atoms with Crippen LogP contribution < -0.4 is 0 Å². The zero-order valence-electron chi connectivity index (χ0n) is 8.80. The second-order valence-corrected chi connectivity index (χ2v) is 3.08. The highest BCUT2D eigenvalue weighted by molar-refractivity contribution is 5.94. The van der Waals surface area contributed by atoms with Gasteiger partial charge in [0.2, 0.25) is 0 Å². The van der Waals surface area contributed by atoms with Gasteiger partial charge in [0.1, 0.15) is 5.69 Å². The Hall–Kier alpha value is -2.17. The number of aromatic amines is 1. The summed E-state index contributed by atoms with van der Waals surface area (Å²) in [5.41, 5.74) is 1.79. The fraction of sp³-hybridized carbons (Fsp3) is 0.182. The van der Waals surface area contributed by atoms with Gasteiger partial charge in [-0.1, -0.05) is 0 Å². The van der Waals surface area contributed by atoms with E-state index in [2.05, 4.69) is 15.0 Å². The highest BCUT2D eigenvalue weighted by Gasteiger charge is 2.16. The molecule has 0 spiro atoms. The van der Waals surface area contributed by atoms with Crippen LogP contribution >= 0.6 is 0 Å². The molecule has 0 bridgehead atoms. The topological polar surface area (TPSA) is 67.9 Å². The van der Waals surface area contributed by atoms with Crippen LogP contribution in [0.4, 0.5) is 0 Å². The van der Waals surface area contributed by atoms with Crippen LogP contribution in [0.25, 0.3) is 11.3 Å². The molecule has 0 fully saturated rings. The largest absolute Gasteiger partial charge is 0.461 e. The summed E-state index contributed by atoms with van der Waals surface area (Å²) in [6.45, 7) is 2.11. The van der Waals surface area contributed by atoms with E-state index in [1.54, 1.807) is 31.5 Å². The molecule has 0 aliphatic carbocycles. The molecule has 82 valence electrons. The molecule has 0 amide bonds. The summed E-state index contributed by atoms with van der Waals surface area (Å²) in [5, 5.41) is 0. The Kier molecular flexibility index (Phi) is 2.95. The van der Waals surface area contributed by atoms with Gasteiger partial charge in [-0.15, -0.1) is 0 Å². The Bertz CT molecular complexity index is 479. The summed E-state index contributed by atoms with van der Waals surface area (Å²) in [6, 6.07) is 3.58. The standard InChI is InChI=1S/C11H11N3O2/c1-2-16-11(15)10-9(13-7-14-10)8-3-5-12-6-4-8/h3-7H,2H2,1H3,(H,13,14). The first kappa shape index (κ1) is 10.4. The third-order valence-electron chi connectivity index (χ3n) is 2.07. The van der Waals surface area contributed by atoms with Gasteiger partial charge >= 0.3 is 5.97 Å². The molecule has 2 aromatic rings. The van der Waals surface area contributed by atoms with E-state index in [4.69, 9.17) is 4.74 Å². The predicted molar refractivity (Wildman–Crippen MR) is 57.8 cm³/mol. The lowest BCUT2D eigenvalue weighted by Gasteiger charge is -2.02. The number of imidazole rings is 1. The number of H-pyrrole nitrogens is 1. The van der Waals surface area contributed by atoms with E-state index in [0.29, 0.717) is 18.0 Å². The Morgan fingerprint density at radius 1 is 1.44 bits per heavy atom. The highest BCUT2D eigenvalue weighted by Crippen LogP contribution is 2.19. The summed E-state index contributed by atoms with van der Waals surface area (Å²) in [6.07, 6.45) is 4.78. The molecule has 1 N–H and O–H groups in total. The van der Waals surface area contributed by atoms with Crippen molar-refractivity contribution in [1.29, 1.82) is 0 Å². The summed E-state index contributed by atoms with van der Waals surface area (Å²) < 4.78 is 4.92. The molecule has 0 aromatic carbocycles. The summed E-state index contributed by atoms with van der Waals surface area (Å²) in [7, 11) is 0. The van der Waals surface area contributed by atoms with Crippen LogP contribution in [0.2, 0.25) is 0 Å². The summed E-state index contributed by atoms with van der Waals surface area (Å²) in [5.74, 6) is -0.396. The van der Waals surface area contributed by atoms with Crippen LogP contribution in [0.15, 0.2) is 30.9 Å². The third-order valence-corrected chi connectivity index (χ3v) is 2.07. The highest BCUT2D eigenvalue weighted by atomic mass is 16.5. The van der Waals surface area contributed by atoms with Gasteiger partial charge in [0, 0.05) is 18.0 Å². The average molecular weight is 217 g/mol. The molecule has 0 saturated carbocycles. The van der Waals surface area contributed by atoms with Crippen LogP contribution in [-0.4, -0.2) is 27.5 Å². The summed E-state index contributed by atoms with van der Waals surface area (Å²) in [4.78, 5) is 22.4. The molecule has 2 heterocycles. The number of hydrogen-bond acceptors (Lipinski definition) is 4. The van der Waals surface area contributed by atoms with Crippen LogP contribution in [0.3, 0.4) is 0 Å². The Labute approximate surface area is 92.5 Å². The van der Waals surface area contributed by atoms with Crippen LogP contribution in [0.1, 0.15) is 17.4 Å². The number of hydrogen-bond donors (Lipinski definition) is 1. The fourth-order valence-corrected chi connectivity index (χ4v) is 1.38. The average Bonchev–Trinajstić information content (AvgIpc) is 2.79. The molecule has 0 radical (unpaired) electrons. The number of rotatable bonds is 3. The lowest BCUT2D eigenvalue weighted by molar-refractivity contribution is 0.0521. The van der Waals surface area contributed by atoms with E-state index in [1.165, 1.54) is 6.33 Å². The molecule has 16 heavy (non-hydrogen) atoms. The van der Waals surface area contributed by atoms with Crippen molar-refractivity contribution in [2.24, 2.45) is 0 Å². The normalized spacial score (nSPS) is 10.1. The lowest BCUT2D eigenvalue weighted by Crippen LogP contribution is -2.06. The van der Waals surface area contributed by atoms with Crippen molar-refractivity contribution in [2.75, 3.05) is 6.61 Å². The second kappa shape index (κ2) is 4.57. The van der Waals surface area contributed by atoms with Crippen molar-refractivity contribution in [1.82, 2.24) is 15.0 Å². The first-order valence-corrected chi connectivity index (χ1v) is 4.93. The van der Waals surface area contributed by atoms with Gasteiger partial charge in [0.15, 0.2) is 5.69 Å². The van der Waals surface area contributed by atoms with Crippen molar-refractivity contribution in [3.05, 3.63) is 36.5 Å². The second-order valence-electron chi connectivity index (χ2n) is 3.08. The number of nitrogens with zero attached hydrogens (tertiary/aromatic N) is 2. The van der Waals surface area contributed by atoms with Crippen molar-refractivity contribution in [2.45, 2.75) is 6.92 Å². The van der Waals surface area contributed by atoms with Gasteiger partial charge < -0.3 is 9.72 Å². The molecule has 0 aliphatic heterocycles. The minimum atomic E-state index is -0.396. The maximum Gasteiger partial charge on any atom is 0.357 e. The molecule has 0 unspecified atom stereocenters. The Balaban J connectivity index is 2.37. The predicted octanol–water partition coefficient (Wildman–Crippen LogP) is 1.65. The van der Waals surface area contributed by atoms with Crippen molar-refractivity contribution >= 4 is 5.97 Å². The zero-order valence-corrected chi connectivity index (χ0v) is 8.80. The van der Waals surface area contributed by atoms with Crippen LogP contribution in [-0.2, 0) is 4.74 Å². The van der Waals surface area contributed by atoms with E-state index in [1.807, 2.05) is 0 Å². The number of pyridine rings is 1. The first-order chi connectivity index (χ1) is 7.83. The van der Waals surface area contributed by atoms with E-state index < -0.39 is 5.97 Å². The van der Waals surface area contributed by atoms with E-state index in [9.17, 15) is 4.79 Å². The van der Waals surface area contributed by atoms with E-state index in [-0.39, 0.29) is 0 Å². The van der Waals surface area contributed by atoms with Crippen LogP contribution in [0.5, 0.6) is 0 Å². The third kappa shape index (κ3) is 1.93. The van der Waals surface area contributed by atoms with Gasteiger partial charge in [-0.05, 0) is 19.1 Å². The molecular weight excluding hydrogens is 206 g/mol. The monoisotopic (exact) mass is 217 g/mol. The van der Waals surface area contributed by atoms with Gasteiger partial charge in [0.05, 0.1) is 12.9 Å². The smallest absolute Gasteiger partial charge is 0.357 e. The van der Waals surface area contributed by atoms with Gasteiger partial charge in [-0.2, -0.15) is 0 Å². The minimum Gasteiger partial charge on any atom is -0.461 e. The number of ether oxygens (including phenoxy) is 1. The molecule has 2 rings (SSSR count). The van der Waals surface area contributed by atoms with Crippen LogP contribution in [0, 0.1) is 0 Å². The molecule has 0 saturated heterocycles. The maximum atomic E-state index is 11.6. The quantitative estimate of drug-likeness (QED) is 0.794. The first-order valence-electron chi connectivity index (χ1n) is 4.93. The number of carbonyl (C=O) groups is 1.